The van der Waals surface area contributed by atoms with Crippen LogP contribution in [0.3, 0.4) is 0 Å². The lowest BCUT2D eigenvalue weighted by Crippen LogP contribution is -2.42. The van der Waals surface area contributed by atoms with Crippen LogP contribution in [0.15, 0.2) is 48.8 Å². The van der Waals surface area contributed by atoms with Crippen LogP contribution < -0.4 is 11.1 Å². The van der Waals surface area contributed by atoms with Crippen molar-refractivity contribution in [2.75, 3.05) is 6.54 Å². The molecule has 1 aliphatic rings. The zero-order chi connectivity index (χ0) is 17.7. The van der Waals surface area contributed by atoms with E-state index in [1.165, 1.54) is 5.56 Å². The molecule has 0 radical (unpaired) electrons. The van der Waals surface area contributed by atoms with Crippen molar-refractivity contribution in [2.45, 2.75) is 37.6 Å². The van der Waals surface area contributed by atoms with Crippen LogP contribution in [0.4, 0.5) is 0 Å². The van der Waals surface area contributed by atoms with Crippen molar-refractivity contribution in [2.24, 2.45) is 11.7 Å². The minimum atomic E-state index is -0.0645. The maximum absolute atomic E-state index is 12.5. The number of carbonyl (C=O) groups excluding carboxylic acids is 1. The molecule has 140 valence electrons. The van der Waals surface area contributed by atoms with E-state index in [-0.39, 0.29) is 29.6 Å². The Balaban J connectivity index is 0.00000243. The van der Waals surface area contributed by atoms with Crippen molar-refractivity contribution in [3.8, 4) is 0 Å². The van der Waals surface area contributed by atoms with Gasteiger partial charge < -0.3 is 11.1 Å². The summed E-state index contributed by atoms with van der Waals surface area (Å²) in [5.41, 5.74) is 8.27. The van der Waals surface area contributed by atoms with Crippen molar-refractivity contribution in [3.05, 3.63) is 64.9 Å². The van der Waals surface area contributed by atoms with Gasteiger partial charge in [-0.25, -0.2) is 0 Å². The molecule has 1 aromatic heterocycles. The first-order valence-electron chi connectivity index (χ1n) is 8.76. The molecule has 2 aromatic rings. The maximum Gasteiger partial charge on any atom is 0.223 e. The zero-order valence-electron chi connectivity index (χ0n) is 14.7. The van der Waals surface area contributed by atoms with Crippen LogP contribution in [0.1, 0.15) is 36.8 Å². The largest absolute Gasteiger partial charge is 0.352 e. The Bertz CT molecular complexity index is 716. The number of amides is 1. The van der Waals surface area contributed by atoms with E-state index in [1.54, 1.807) is 12.4 Å². The average molecular weight is 394 g/mol. The van der Waals surface area contributed by atoms with E-state index in [1.807, 2.05) is 30.3 Å². The van der Waals surface area contributed by atoms with Crippen LogP contribution in [0.25, 0.3) is 0 Å². The van der Waals surface area contributed by atoms with E-state index in [2.05, 4.69) is 16.4 Å². The summed E-state index contributed by atoms with van der Waals surface area (Å²) in [6, 6.07) is 11.8. The second-order valence-electron chi connectivity index (χ2n) is 6.85. The predicted molar refractivity (Wildman–Crippen MR) is 107 cm³/mol. The van der Waals surface area contributed by atoms with Gasteiger partial charge in [-0.2, -0.15) is 0 Å². The van der Waals surface area contributed by atoms with Gasteiger partial charge in [0.15, 0.2) is 0 Å². The van der Waals surface area contributed by atoms with Crippen LogP contribution in [-0.2, 0) is 16.8 Å². The molecule has 0 aliphatic heterocycles. The normalized spacial score (nSPS) is 22.3. The van der Waals surface area contributed by atoms with Gasteiger partial charge in [0.1, 0.15) is 0 Å². The number of hydrogen-bond acceptors (Lipinski definition) is 3. The Morgan fingerprint density at radius 1 is 1.27 bits per heavy atom. The molecular formula is C20H25Cl2N3O. The first kappa shape index (κ1) is 20.7. The molecule has 1 aromatic carbocycles. The lowest BCUT2D eigenvalue weighted by molar-refractivity contribution is -0.126. The smallest absolute Gasteiger partial charge is 0.223 e. The van der Waals surface area contributed by atoms with Gasteiger partial charge in [0.05, 0.1) is 0 Å². The minimum absolute atomic E-state index is 0. The Kier molecular flexibility index (Phi) is 7.44. The van der Waals surface area contributed by atoms with E-state index in [0.717, 1.165) is 36.3 Å². The topological polar surface area (TPSA) is 68.0 Å². The van der Waals surface area contributed by atoms with E-state index in [0.29, 0.717) is 13.1 Å². The first-order valence-corrected chi connectivity index (χ1v) is 9.13. The number of hydrogen-bond donors (Lipinski definition) is 2. The first-order chi connectivity index (χ1) is 12.1. The summed E-state index contributed by atoms with van der Waals surface area (Å²) in [4.78, 5) is 16.5. The molecule has 1 aliphatic carbocycles. The molecule has 1 amide bonds. The van der Waals surface area contributed by atoms with Crippen molar-refractivity contribution < 1.29 is 4.79 Å². The third-order valence-electron chi connectivity index (χ3n) is 5.33. The molecule has 0 unspecified atom stereocenters. The van der Waals surface area contributed by atoms with Gasteiger partial charge in [0, 0.05) is 41.8 Å². The summed E-state index contributed by atoms with van der Waals surface area (Å²) in [6.07, 6.45) is 7.03. The van der Waals surface area contributed by atoms with Crippen LogP contribution in [0.5, 0.6) is 0 Å². The van der Waals surface area contributed by atoms with Crippen molar-refractivity contribution in [1.82, 2.24) is 10.3 Å². The number of aromatic nitrogens is 1. The molecule has 3 N–H and O–H groups in total. The van der Waals surface area contributed by atoms with Gasteiger partial charge in [0.2, 0.25) is 5.91 Å². The van der Waals surface area contributed by atoms with E-state index < -0.39 is 0 Å². The molecule has 0 atom stereocenters. The molecule has 1 saturated carbocycles. The Morgan fingerprint density at radius 3 is 2.65 bits per heavy atom. The highest BCUT2D eigenvalue weighted by molar-refractivity contribution is 6.30. The number of rotatable bonds is 5. The summed E-state index contributed by atoms with van der Waals surface area (Å²) in [7, 11) is 0. The SMILES string of the molecule is Cl.NC[C@]1(c2cccc(Cl)c2)CC[C@@H](C(=O)NCc2cccnc2)CC1. The highest BCUT2D eigenvalue weighted by Gasteiger charge is 2.37. The van der Waals surface area contributed by atoms with E-state index in [4.69, 9.17) is 17.3 Å². The predicted octanol–water partition coefficient (Wildman–Crippen LogP) is 3.86. The number of pyridine rings is 1. The fraction of sp³-hybridized carbons (Fsp3) is 0.400. The van der Waals surface area contributed by atoms with E-state index in [9.17, 15) is 4.79 Å². The summed E-state index contributed by atoms with van der Waals surface area (Å²) < 4.78 is 0. The second kappa shape index (κ2) is 9.36. The quantitative estimate of drug-likeness (QED) is 0.809. The third kappa shape index (κ3) is 4.76. The van der Waals surface area contributed by atoms with Gasteiger partial charge in [0.25, 0.3) is 0 Å². The van der Waals surface area contributed by atoms with Gasteiger partial charge in [-0.05, 0) is 55.0 Å². The lowest BCUT2D eigenvalue weighted by atomic mass is 9.66. The molecule has 0 spiro atoms. The molecule has 1 fully saturated rings. The van der Waals surface area contributed by atoms with Crippen molar-refractivity contribution in [1.29, 1.82) is 0 Å². The second-order valence-corrected chi connectivity index (χ2v) is 7.28. The molecule has 0 bridgehead atoms. The van der Waals surface area contributed by atoms with Crippen LogP contribution in [0.2, 0.25) is 5.02 Å². The standard InChI is InChI=1S/C20H24ClN3O.ClH/c21-18-5-1-4-17(11-18)20(14-22)8-6-16(7-9-20)19(25)24-13-15-3-2-10-23-12-15;/h1-5,10-12,16H,6-9,13-14,22H2,(H,24,25);1H/t16-,20+;. The number of carbonyl (C=O) groups is 1. The van der Waals surface area contributed by atoms with E-state index >= 15 is 0 Å². The summed E-state index contributed by atoms with van der Waals surface area (Å²) in [5, 5.41) is 3.77. The molecule has 6 heteroatoms. The van der Waals surface area contributed by atoms with Crippen LogP contribution in [0, 0.1) is 5.92 Å². The molecule has 0 saturated heterocycles. The summed E-state index contributed by atoms with van der Waals surface area (Å²) in [5.74, 6) is 0.177. The third-order valence-corrected chi connectivity index (χ3v) is 5.57. The molecule has 3 rings (SSSR count). The Hall–Kier alpha value is -1.62. The number of halogens is 2. The van der Waals surface area contributed by atoms with Gasteiger partial charge in [-0.15, -0.1) is 12.4 Å². The monoisotopic (exact) mass is 393 g/mol. The number of benzene rings is 1. The maximum atomic E-state index is 12.5. The minimum Gasteiger partial charge on any atom is -0.352 e. The van der Waals surface area contributed by atoms with Crippen LogP contribution >= 0.6 is 24.0 Å². The molecule has 4 nitrogen and oxygen atoms in total. The number of nitrogens with zero attached hydrogens (tertiary/aromatic N) is 1. The summed E-state index contributed by atoms with van der Waals surface area (Å²) in [6.45, 7) is 1.11. The molecular weight excluding hydrogens is 369 g/mol. The fourth-order valence-electron chi connectivity index (χ4n) is 3.70. The number of nitrogens with two attached hydrogens (primary N) is 1. The average Bonchev–Trinajstić information content (AvgIpc) is 2.67. The Labute approximate surface area is 165 Å². The highest BCUT2D eigenvalue weighted by atomic mass is 35.5. The Morgan fingerprint density at radius 2 is 2.04 bits per heavy atom. The van der Waals surface area contributed by atoms with Crippen LogP contribution in [-0.4, -0.2) is 17.4 Å². The van der Waals surface area contributed by atoms with Gasteiger partial charge >= 0.3 is 0 Å². The number of nitrogens with one attached hydrogen (secondary N) is 1. The van der Waals surface area contributed by atoms with Gasteiger partial charge in [-0.1, -0.05) is 29.8 Å². The molecule has 26 heavy (non-hydrogen) atoms. The van der Waals surface area contributed by atoms with Crippen molar-refractivity contribution in [3.63, 3.8) is 0 Å². The van der Waals surface area contributed by atoms with Gasteiger partial charge in [-0.3, -0.25) is 9.78 Å². The highest BCUT2D eigenvalue weighted by Crippen LogP contribution is 2.41. The van der Waals surface area contributed by atoms with Crippen molar-refractivity contribution >= 4 is 29.9 Å². The fourth-order valence-corrected chi connectivity index (χ4v) is 3.89. The summed E-state index contributed by atoms with van der Waals surface area (Å²) >= 11 is 6.15. The lowest BCUT2D eigenvalue weighted by Gasteiger charge is -2.39. The zero-order valence-corrected chi connectivity index (χ0v) is 16.2. The molecule has 1 heterocycles.